The molecular formula is C28H23N7O4. The summed E-state index contributed by atoms with van der Waals surface area (Å²) >= 11 is 0. The van der Waals surface area contributed by atoms with E-state index in [1.165, 1.54) is 0 Å². The minimum Gasteiger partial charge on any atom is -0.355 e. The molecule has 0 radical (unpaired) electrons. The van der Waals surface area contributed by atoms with Gasteiger partial charge in [0.1, 0.15) is 0 Å². The molecule has 1 fully saturated rings. The largest absolute Gasteiger partial charge is 0.355 e. The Morgan fingerprint density at radius 2 is 1.44 bits per heavy atom. The van der Waals surface area contributed by atoms with Crippen molar-refractivity contribution in [1.82, 2.24) is 29.5 Å². The van der Waals surface area contributed by atoms with Crippen LogP contribution >= 0.6 is 0 Å². The van der Waals surface area contributed by atoms with Crippen molar-refractivity contribution in [2.75, 3.05) is 0 Å². The van der Waals surface area contributed by atoms with Gasteiger partial charge < -0.3 is 9.67 Å². The number of hydrogen-bond donors (Lipinski definition) is 3. The third kappa shape index (κ3) is 4.01. The Hall–Kier alpha value is -5.29. The topological polar surface area (TPSA) is 136 Å². The number of aromatic nitrogens is 4. The lowest BCUT2D eigenvalue weighted by molar-refractivity contribution is -0.165. The van der Waals surface area contributed by atoms with Crippen LogP contribution in [0.2, 0.25) is 0 Å². The molecule has 11 heteroatoms. The molecule has 0 atom stereocenters. The molecule has 1 aliphatic heterocycles. The lowest BCUT2D eigenvalue weighted by Gasteiger charge is -2.30. The van der Waals surface area contributed by atoms with E-state index in [0.29, 0.717) is 29.1 Å². The Labute approximate surface area is 221 Å². The molecule has 1 saturated heterocycles. The van der Waals surface area contributed by atoms with Crippen LogP contribution in [0, 0.1) is 6.92 Å². The smallest absolute Gasteiger partial charge is 0.328 e. The highest BCUT2D eigenvalue weighted by Crippen LogP contribution is 2.25. The lowest BCUT2D eigenvalue weighted by atomic mass is 10.1. The van der Waals surface area contributed by atoms with E-state index in [2.05, 4.69) is 5.10 Å². The molecule has 0 bridgehead atoms. The maximum Gasteiger partial charge on any atom is 0.328 e. The SMILES string of the molecule is Cc1cc(/N=c2\n(Cc3ccccc3)c3ccccc3n2C2(O)C(=O)NC(=O)NC2=O)n(-c2ccccc2)n1. The summed E-state index contributed by atoms with van der Waals surface area (Å²) in [6, 6.07) is 26.7. The van der Waals surface area contributed by atoms with Gasteiger partial charge in [-0.2, -0.15) is 10.1 Å². The number of nitrogens with zero attached hydrogens (tertiary/aromatic N) is 5. The number of nitrogens with one attached hydrogen (secondary N) is 2. The molecule has 2 aromatic heterocycles. The van der Waals surface area contributed by atoms with Crippen molar-refractivity contribution < 1.29 is 19.5 Å². The monoisotopic (exact) mass is 521 g/mol. The first kappa shape index (κ1) is 24.1. The molecule has 0 saturated carbocycles. The van der Waals surface area contributed by atoms with Crippen LogP contribution in [0.5, 0.6) is 0 Å². The van der Waals surface area contributed by atoms with Gasteiger partial charge >= 0.3 is 11.8 Å². The molecule has 5 aromatic rings. The van der Waals surface area contributed by atoms with E-state index < -0.39 is 23.6 Å². The third-order valence-electron chi connectivity index (χ3n) is 6.48. The number of rotatable bonds is 5. The first-order valence-corrected chi connectivity index (χ1v) is 12.2. The van der Waals surface area contributed by atoms with Crippen LogP contribution in [0.3, 0.4) is 0 Å². The minimum atomic E-state index is -2.80. The summed E-state index contributed by atoms with van der Waals surface area (Å²) in [5.41, 5.74) is 0.617. The Morgan fingerprint density at radius 1 is 0.846 bits per heavy atom. The van der Waals surface area contributed by atoms with E-state index in [1.54, 1.807) is 33.5 Å². The second-order valence-corrected chi connectivity index (χ2v) is 9.11. The molecule has 3 aromatic carbocycles. The van der Waals surface area contributed by atoms with Crippen molar-refractivity contribution in [2.24, 2.45) is 4.99 Å². The molecule has 3 heterocycles. The van der Waals surface area contributed by atoms with Crippen LogP contribution in [0.25, 0.3) is 16.7 Å². The van der Waals surface area contributed by atoms with Crippen LogP contribution in [-0.2, 0) is 21.9 Å². The van der Waals surface area contributed by atoms with E-state index in [-0.39, 0.29) is 5.62 Å². The quantitative estimate of drug-likeness (QED) is 0.305. The zero-order chi connectivity index (χ0) is 27.1. The fraction of sp³-hybridized carbons (Fsp3) is 0.107. The number of fused-ring (bicyclic) bond motifs is 1. The molecule has 6 rings (SSSR count). The highest BCUT2D eigenvalue weighted by molar-refractivity contribution is 6.19. The second-order valence-electron chi connectivity index (χ2n) is 9.11. The number of aliphatic hydroxyl groups is 1. The van der Waals surface area contributed by atoms with Crippen LogP contribution in [-0.4, -0.2) is 41.9 Å². The summed E-state index contributed by atoms with van der Waals surface area (Å²) in [7, 11) is 0. The van der Waals surface area contributed by atoms with Crippen LogP contribution in [0.15, 0.2) is 96.0 Å². The maximum absolute atomic E-state index is 13.1. The Kier molecular flexibility index (Phi) is 5.69. The van der Waals surface area contributed by atoms with Gasteiger partial charge in [0.05, 0.1) is 29.0 Å². The molecule has 0 spiro atoms. The van der Waals surface area contributed by atoms with Gasteiger partial charge in [-0.3, -0.25) is 24.8 Å². The van der Waals surface area contributed by atoms with Gasteiger partial charge in [0.2, 0.25) is 5.62 Å². The molecular weight excluding hydrogens is 498 g/mol. The molecule has 3 N–H and O–H groups in total. The normalized spacial score (nSPS) is 15.4. The van der Waals surface area contributed by atoms with Crippen molar-refractivity contribution >= 4 is 34.7 Å². The van der Waals surface area contributed by atoms with Crippen molar-refractivity contribution in [2.45, 2.75) is 19.2 Å². The van der Waals surface area contributed by atoms with Gasteiger partial charge in [0, 0.05) is 6.07 Å². The zero-order valence-electron chi connectivity index (χ0n) is 20.8. The first-order valence-electron chi connectivity index (χ1n) is 12.2. The first-order chi connectivity index (χ1) is 18.9. The maximum atomic E-state index is 13.1. The number of benzene rings is 3. The number of para-hydroxylation sites is 3. The predicted molar refractivity (Wildman–Crippen MR) is 141 cm³/mol. The third-order valence-corrected chi connectivity index (χ3v) is 6.48. The molecule has 0 unspecified atom stereocenters. The van der Waals surface area contributed by atoms with Crippen molar-refractivity contribution in [3.05, 3.63) is 108 Å². The van der Waals surface area contributed by atoms with E-state index >= 15 is 0 Å². The van der Waals surface area contributed by atoms with E-state index in [9.17, 15) is 19.5 Å². The number of imide groups is 2. The number of barbiturate groups is 1. The van der Waals surface area contributed by atoms with Gasteiger partial charge in [-0.1, -0.05) is 60.7 Å². The van der Waals surface area contributed by atoms with Crippen LogP contribution in [0.1, 0.15) is 11.3 Å². The van der Waals surface area contributed by atoms with Crippen molar-refractivity contribution in [3.8, 4) is 5.69 Å². The number of imidazole rings is 1. The summed E-state index contributed by atoms with van der Waals surface area (Å²) in [5.74, 6) is -1.97. The summed E-state index contributed by atoms with van der Waals surface area (Å²) in [6.45, 7) is 2.14. The summed E-state index contributed by atoms with van der Waals surface area (Å²) in [4.78, 5) is 43.0. The molecule has 11 nitrogen and oxygen atoms in total. The summed E-state index contributed by atoms with van der Waals surface area (Å²) in [5, 5.41) is 20.3. The average molecular weight is 522 g/mol. The average Bonchev–Trinajstić information content (AvgIpc) is 3.46. The van der Waals surface area contributed by atoms with E-state index in [0.717, 1.165) is 15.8 Å². The molecule has 4 amide bonds. The molecule has 1 aliphatic rings. The standard InChI is InChI=1S/C28H23N7O4/c1-18-16-23(35(32-18)20-12-6-3-7-13-20)29-27-33(17-19-10-4-2-5-11-19)21-14-8-9-15-22(21)34(27)28(39)24(36)30-26(38)31-25(28)37/h2-16,39H,17H2,1H3,(H2,30,31,36,37,38)/b29-27+. The number of carbonyl (C=O) groups is 3. The zero-order valence-corrected chi connectivity index (χ0v) is 20.8. The molecule has 194 valence electrons. The number of hydrogen-bond acceptors (Lipinski definition) is 6. The van der Waals surface area contributed by atoms with Gasteiger partial charge in [-0.15, -0.1) is 0 Å². The number of urea groups is 1. The van der Waals surface area contributed by atoms with E-state index in [1.807, 2.05) is 84.3 Å². The van der Waals surface area contributed by atoms with Crippen molar-refractivity contribution in [1.29, 1.82) is 0 Å². The van der Waals surface area contributed by atoms with E-state index in [4.69, 9.17) is 4.99 Å². The van der Waals surface area contributed by atoms with Crippen LogP contribution in [0.4, 0.5) is 10.6 Å². The molecule has 0 aliphatic carbocycles. The number of carbonyl (C=O) groups excluding carboxylic acids is 3. The lowest BCUT2D eigenvalue weighted by Crippen LogP contribution is -2.68. The van der Waals surface area contributed by atoms with Gasteiger partial charge in [0.15, 0.2) is 5.82 Å². The summed E-state index contributed by atoms with van der Waals surface area (Å²) in [6.07, 6.45) is 0. The van der Waals surface area contributed by atoms with Crippen LogP contribution < -0.4 is 16.3 Å². The highest BCUT2D eigenvalue weighted by Gasteiger charge is 2.52. The van der Waals surface area contributed by atoms with Gasteiger partial charge in [-0.25, -0.2) is 9.48 Å². The Morgan fingerprint density at radius 3 is 2.10 bits per heavy atom. The van der Waals surface area contributed by atoms with Gasteiger partial charge in [0.25, 0.3) is 11.8 Å². The van der Waals surface area contributed by atoms with Crippen molar-refractivity contribution in [3.63, 3.8) is 0 Å². The summed E-state index contributed by atoms with van der Waals surface area (Å²) < 4.78 is 4.59. The van der Waals surface area contributed by atoms with Gasteiger partial charge in [-0.05, 0) is 36.8 Å². The molecule has 39 heavy (non-hydrogen) atoms. The number of aryl methyl sites for hydroxylation is 1. The minimum absolute atomic E-state index is 0.0966. The highest BCUT2D eigenvalue weighted by atomic mass is 16.3. The second kappa shape index (κ2) is 9.23. The Bertz CT molecular complexity index is 1800. The number of amides is 4. The predicted octanol–water partition coefficient (Wildman–Crippen LogP) is 2.23. The Balaban J connectivity index is 1.71. The fourth-order valence-electron chi connectivity index (χ4n) is 4.71. The fourth-order valence-corrected chi connectivity index (χ4v) is 4.71.